The molecule has 0 radical (unpaired) electrons. The second kappa shape index (κ2) is 15.2. The Morgan fingerprint density at radius 2 is 1.55 bits per heavy atom. The Morgan fingerprint density at radius 3 is 2.21 bits per heavy atom. The highest BCUT2D eigenvalue weighted by Crippen LogP contribution is 2.27. The molecule has 0 spiro atoms. The van der Waals surface area contributed by atoms with E-state index in [0.29, 0.717) is 0 Å². The van der Waals surface area contributed by atoms with Crippen molar-refractivity contribution in [2.75, 3.05) is 63.9 Å². The summed E-state index contributed by atoms with van der Waals surface area (Å²) in [5.41, 5.74) is 4.91. The summed E-state index contributed by atoms with van der Waals surface area (Å²) >= 11 is 0. The zero-order valence-corrected chi connectivity index (χ0v) is 24.3. The van der Waals surface area contributed by atoms with E-state index in [-0.39, 0.29) is 0 Å². The van der Waals surface area contributed by atoms with Crippen molar-refractivity contribution < 1.29 is 27.8 Å². The van der Waals surface area contributed by atoms with Gasteiger partial charge >= 0.3 is 12.1 Å². The largest absolute Gasteiger partial charge is 0.494 e. The number of piperidine rings is 1. The summed E-state index contributed by atoms with van der Waals surface area (Å²) in [7, 11) is 0. The lowest BCUT2D eigenvalue weighted by atomic mass is 10.1. The fraction of sp³-hybridized carbons (Fsp3) is 0.500. The molecule has 0 bridgehead atoms. The van der Waals surface area contributed by atoms with Crippen molar-refractivity contribution in [3.63, 3.8) is 0 Å². The number of ether oxygens (including phenoxy) is 1. The minimum atomic E-state index is -5.08. The average molecular weight is 587 g/mol. The fourth-order valence-corrected chi connectivity index (χ4v) is 5.46. The first-order valence-electron chi connectivity index (χ1n) is 14.8. The third-order valence-electron chi connectivity index (χ3n) is 7.75. The number of aliphatic carboxylic acids is 1. The van der Waals surface area contributed by atoms with E-state index >= 15 is 0 Å². The lowest BCUT2D eigenvalue weighted by Gasteiger charge is -2.36. The standard InChI is InChI=1S/C30H40N4O.C2HF3O2/c1-25-24-30(28-8-3-4-9-29(28)31-25)34-21-19-33(20-22-34)18-14-26-10-12-27(13-11-26)35-23-7-17-32-15-5-2-6-16-32;3-2(4,5)1(6)7/h3-4,8-13,24H,2,5-7,14-23H2,1H3;(H,6,7). The van der Waals surface area contributed by atoms with Gasteiger partial charge in [-0.15, -0.1) is 0 Å². The quantitative estimate of drug-likeness (QED) is 0.318. The van der Waals surface area contributed by atoms with E-state index in [2.05, 4.69) is 76.2 Å². The van der Waals surface area contributed by atoms with Crippen LogP contribution in [0, 0.1) is 6.92 Å². The highest BCUT2D eigenvalue weighted by molar-refractivity contribution is 5.92. The molecule has 2 aliphatic rings. The maximum atomic E-state index is 10.6. The highest BCUT2D eigenvalue weighted by atomic mass is 19.4. The van der Waals surface area contributed by atoms with E-state index in [9.17, 15) is 13.2 Å². The number of benzene rings is 2. The number of rotatable bonds is 9. The van der Waals surface area contributed by atoms with Gasteiger partial charge in [0.05, 0.1) is 12.1 Å². The third-order valence-corrected chi connectivity index (χ3v) is 7.75. The molecular formula is C32H41F3N4O3. The molecule has 1 aromatic heterocycles. The number of aromatic nitrogens is 1. The molecule has 0 aliphatic carbocycles. The van der Waals surface area contributed by atoms with Gasteiger partial charge in [0.2, 0.25) is 0 Å². The van der Waals surface area contributed by atoms with Gasteiger partial charge in [0, 0.05) is 56.0 Å². The molecule has 42 heavy (non-hydrogen) atoms. The van der Waals surface area contributed by atoms with Crippen LogP contribution in [-0.4, -0.2) is 91.0 Å². The van der Waals surface area contributed by atoms with Gasteiger partial charge in [-0.2, -0.15) is 13.2 Å². The molecule has 0 amide bonds. The molecule has 2 aliphatic heterocycles. The van der Waals surface area contributed by atoms with Gasteiger partial charge in [0.25, 0.3) is 0 Å². The maximum Gasteiger partial charge on any atom is 0.490 e. The SMILES string of the molecule is Cc1cc(N2CCN(CCc3ccc(OCCCN4CCCCC4)cc3)CC2)c2ccccc2n1.O=C(O)C(F)(F)F. The van der Waals surface area contributed by atoms with Crippen molar-refractivity contribution in [1.82, 2.24) is 14.8 Å². The number of halogens is 3. The third kappa shape index (κ3) is 9.59. The average Bonchev–Trinajstić information content (AvgIpc) is 2.99. The number of anilines is 1. The lowest BCUT2D eigenvalue weighted by Crippen LogP contribution is -2.47. The van der Waals surface area contributed by atoms with Crippen LogP contribution in [-0.2, 0) is 11.2 Å². The van der Waals surface area contributed by atoms with Crippen molar-refractivity contribution >= 4 is 22.6 Å². The number of nitrogens with zero attached hydrogens (tertiary/aromatic N) is 4. The Kier molecular flexibility index (Phi) is 11.4. The minimum Gasteiger partial charge on any atom is -0.494 e. The molecular weight excluding hydrogens is 545 g/mol. The van der Waals surface area contributed by atoms with Crippen LogP contribution >= 0.6 is 0 Å². The topological polar surface area (TPSA) is 69.1 Å². The number of aryl methyl sites for hydroxylation is 1. The Bertz CT molecular complexity index is 1270. The highest BCUT2D eigenvalue weighted by Gasteiger charge is 2.38. The second-order valence-corrected chi connectivity index (χ2v) is 10.9. The van der Waals surface area contributed by atoms with E-state index in [0.717, 1.165) is 69.1 Å². The summed E-state index contributed by atoms with van der Waals surface area (Å²) in [5.74, 6) is -1.76. The van der Waals surface area contributed by atoms with Crippen molar-refractivity contribution in [2.24, 2.45) is 0 Å². The Labute approximate surface area is 245 Å². The van der Waals surface area contributed by atoms with Gasteiger partial charge in [-0.25, -0.2) is 4.79 Å². The molecule has 0 unspecified atom stereocenters. The first-order chi connectivity index (χ1) is 20.2. The summed E-state index contributed by atoms with van der Waals surface area (Å²) in [4.78, 5) is 21.3. The van der Waals surface area contributed by atoms with Crippen LogP contribution in [0.3, 0.4) is 0 Å². The van der Waals surface area contributed by atoms with Crippen LogP contribution in [0.1, 0.15) is 36.9 Å². The normalized spacial score (nSPS) is 16.6. The number of hydrogen-bond acceptors (Lipinski definition) is 6. The molecule has 2 aromatic carbocycles. The van der Waals surface area contributed by atoms with Gasteiger partial charge in [-0.05, 0) is 75.5 Å². The van der Waals surface area contributed by atoms with Crippen molar-refractivity contribution in [2.45, 2.75) is 45.2 Å². The molecule has 10 heteroatoms. The molecule has 0 atom stereocenters. The van der Waals surface area contributed by atoms with Crippen molar-refractivity contribution in [3.8, 4) is 5.75 Å². The van der Waals surface area contributed by atoms with Crippen LogP contribution in [0.15, 0.2) is 54.6 Å². The van der Waals surface area contributed by atoms with Crippen LogP contribution in [0.4, 0.5) is 18.9 Å². The van der Waals surface area contributed by atoms with E-state index in [4.69, 9.17) is 19.6 Å². The Morgan fingerprint density at radius 1 is 0.905 bits per heavy atom. The number of carbonyl (C=O) groups is 1. The molecule has 7 nitrogen and oxygen atoms in total. The molecule has 228 valence electrons. The maximum absolute atomic E-state index is 10.6. The van der Waals surface area contributed by atoms with E-state index in [1.165, 1.54) is 55.5 Å². The predicted octanol–water partition coefficient (Wildman–Crippen LogP) is 5.80. The lowest BCUT2D eigenvalue weighted by molar-refractivity contribution is -0.192. The van der Waals surface area contributed by atoms with Crippen molar-refractivity contribution in [1.29, 1.82) is 0 Å². The molecule has 3 heterocycles. The summed E-state index contributed by atoms with van der Waals surface area (Å²) in [6, 6.07) is 19.5. The molecule has 3 aromatic rings. The summed E-state index contributed by atoms with van der Waals surface area (Å²) < 4.78 is 37.7. The summed E-state index contributed by atoms with van der Waals surface area (Å²) in [6.45, 7) is 12.1. The minimum absolute atomic E-state index is 0.812. The smallest absolute Gasteiger partial charge is 0.490 e. The van der Waals surface area contributed by atoms with Crippen LogP contribution in [0.25, 0.3) is 10.9 Å². The van der Waals surface area contributed by atoms with Gasteiger partial charge in [-0.3, -0.25) is 9.88 Å². The predicted molar refractivity (Wildman–Crippen MR) is 159 cm³/mol. The van der Waals surface area contributed by atoms with Gasteiger partial charge in [-0.1, -0.05) is 36.8 Å². The summed E-state index contributed by atoms with van der Waals surface area (Å²) in [6.07, 6.45) is 1.24. The van der Waals surface area contributed by atoms with Gasteiger partial charge in [0.15, 0.2) is 0 Å². The molecule has 0 saturated carbocycles. The number of alkyl halides is 3. The van der Waals surface area contributed by atoms with E-state index in [1.807, 2.05) is 0 Å². The monoisotopic (exact) mass is 586 g/mol. The first-order valence-corrected chi connectivity index (χ1v) is 14.8. The zero-order valence-electron chi connectivity index (χ0n) is 24.3. The second-order valence-electron chi connectivity index (χ2n) is 10.9. The number of piperazine rings is 1. The fourth-order valence-electron chi connectivity index (χ4n) is 5.46. The number of carboxylic acid groups (broad SMARTS) is 1. The van der Waals surface area contributed by atoms with E-state index in [1.54, 1.807) is 0 Å². The number of para-hydroxylation sites is 1. The number of carboxylic acids is 1. The number of hydrogen-bond donors (Lipinski definition) is 1. The zero-order chi connectivity index (χ0) is 30.0. The number of pyridine rings is 1. The van der Waals surface area contributed by atoms with Crippen molar-refractivity contribution in [3.05, 3.63) is 65.9 Å². The molecule has 1 N–H and O–H groups in total. The van der Waals surface area contributed by atoms with Crippen LogP contribution < -0.4 is 9.64 Å². The van der Waals surface area contributed by atoms with Gasteiger partial charge < -0.3 is 19.6 Å². The van der Waals surface area contributed by atoms with Crippen LogP contribution in [0.5, 0.6) is 5.75 Å². The number of fused-ring (bicyclic) bond motifs is 1. The first kappa shape index (κ1) is 31.6. The van der Waals surface area contributed by atoms with Gasteiger partial charge in [0.1, 0.15) is 5.75 Å². The Hall–Kier alpha value is -3.37. The molecule has 2 saturated heterocycles. The summed E-state index contributed by atoms with van der Waals surface area (Å²) in [5, 5.41) is 8.39. The Balaban J connectivity index is 0.000000517. The number of likely N-dealkylation sites (tertiary alicyclic amines) is 1. The molecule has 5 rings (SSSR count). The molecule has 2 fully saturated rings. The van der Waals surface area contributed by atoms with E-state index < -0.39 is 12.1 Å². The van der Waals surface area contributed by atoms with Crippen LogP contribution in [0.2, 0.25) is 0 Å².